The van der Waals surface area contributed by atoms with E-state index in [1.165, 1.54) is 6.92 Å². The smallest absolute Gasteiger partial charge is 0.247 e. The van der Waals surface area contributed by atoms with Gasteiger partial charge in [-0.1, -0.05) is 42.5 Å². The van der Waals surface area contributed by atoms with Crippen molar-refractivity contribution < 1.29 is 23.9 Å². The summed E-state index contributed by atoms with van der Waals surface area (Å²) in [5.41, 5.74) is 1.38. The molecule has 0 aliphatic rings. The second kappa shape index (κ2) is 12.7. The first-order valence-electron chi connectivity index (χ1n) is 10.4. The number of carbonyl (C=O) groups excluding carboxylic acids is 4. The van der Waals surface area contributed by atoms with Crippen LogP contribution in [0.25, 0.3) is 0 Å². The topological polar surface area (TPSA) is 137 Å². The van der Waals surface area contributed by atoms with Gasteiger partial charge >= 0.3 is 0 Å². The molecule has 2 aromatic rings. The van der Waals surface area contributed by atoms with Crippen LogP contribution in [-0.4, -0.2) is 42.9 Å². The van der Waals surface area contributed by atoms with Crippen LogP contribution in [0.4, 0.5) is 0 Å². The van der Waals surface area contributed by atoms with Gasteiger partial charge in [0.05, 0.1) is 13.3 Å². The van der Waals surface area contributed by atoms with E-state index in [2.05, 4.69) is 16.0 Å². The summed E-state index contributed by atoms with van der Waals surface area (Å²) in [7, 11) is 1.56. The number of Topliss-reactive ketones (excluding diaryl/α,β-unsaturated/α-hetero) is 1. The lowest BCUT2D eigenvalue weighted by atomic mass is 10.0. The zero-order valence-corrected chi connectivity index (χ0v) is 18.6. The summed E-state index contributed by atoms with van der Waals surface area (Å²) < 4.78 is 5.11. The maximum Gasteiger partial charge on any atom is 0.247 e. The highest BCUT2D eigenvalue weighted by Gasteiger charge is 2.27. The van der Waals surface area contributed by atoms with E-state index in [1.54, 1.807) is 61.7 Å². The molecule has 0 saturated heterocycles. The van der Waals surface area contributed by atoms with Crippen molar-refractivity contribution in [3.63, 3.8) is 0 Å². The molecule has 0 aromatic heterocycles. The Morgan fingerprint density at radius 1 is 0.970 bits per heavy atom. The molecule has 0 heterocycles. The molecule has 2 rings (SSSR count). The minimum atomic E-state index is -1.03. The fourth-order valence-corrected chi connectivity index (χ4v) is 3.09. The fourth-order valence-electron chi connectivity index (χ4n) is 3.09. The molecule has 0 unspecified atom stereocenters. The quantitative estimate of drug-likeness (QED) is 0.363. The molecular formula is C24H28N4O5. The van der Waals surface area contributed by atoms with Crippen molar-refractivity contribution in [3.05, 3.63) is 65.7 Å². The summed E-state index contributed by atoms with van der Waals surface area (Å²) in [5, 5.41) is 15.0. The van der Waals surface area contributed by atoms with Crippen molar-refractivity contribution in [1.29, 1.82) is 5.41 Å². The van der Waals surface area contributed by atoms with E-state index in [-0.39, 0.29) is 19.4 Å². The Morgan fingerprint density at radius 3 is 2.21 bits per heavy atom. The van der Waals surface area contributed by atoms with E-state index in [0.717, 1.165) is 5.56 Å². The van der Waals surface area contributed by atoms with E-state index < -0.39 is 35.6 Å². The first-order valence-corrected chi connectivity index (χ1v) is 10.4. The third-order valence-corrected chi connectivity index (χ3v) is 4.84. The monoisotopic (exact) mass is 452 g/mol. The Bertz CT molecular complexity index is 976. The van der Waals surface area contributed by atoms with Crippen LogP contribution in [0.15, 0.2) is 54.6 Å². The number of hydrogen-bond acceptors (Lipinski definition) is 6. The standard InChI is InChI=1S/C24H28N4O5/c1-16(29)27-22(18-6-4-3-5-7-18)24(32)28-21(13-10-19(30)14-25)23(31)26-15-17-8-11-20(33-2)12-9-17/h3-9,11-12,14,21-22,25H,10,13,15H2,1-2H3,(H,26,31)(H,27,29)(H,28,32)/t21-,22-/m0/s1. The van der Waals surface area contributed by atoms with Crippen LogP contribution in [-0.2, 0) is 25.7 Å². The highest BCUT2D eigenvalue weighted by atomic mass is 16.5. The van der Waals surface area contributed by atoms with Gasteiger partial charge in [0, 0.05) is 19.9 Å². The zero-order valence-electron chi connectivity index (χ0n) is 18.6. The summed E-state index contributed by atoms with van der Waals surface area (Å²) in [4.78, 5) is 49.1. The second-order valence-electron chi connectivity index (χ2n) is 7.32. The van der Waals surface area contributed by atoms with E-state index >= 15 is 0 Å². The molecule has 0 radical (unpaired) electrons. The van der Waals surface area contributed by atoms with Crippen molar-refractivity contribution >= 4 is 29.7 Å². The molecule has 0 spiro atoms. The average Bonchev–Trinajstić information content (AvgIpc) is 2.83. The number of rotatable bonds is 12. The van der Waals surface area contributed by atoms with Gasteiger partial charge in [-0.15, -0.1) is 0 Å². The van der Waals surface area contributed by atoms with Crippen LogP contribution in [0.1, 0.15) is 36.9 Å². The molecule has 0 aliphatic heterocycles. The highest BCUT2D eigenvalue weighted by Crippen LogP contribution is 2.14. The van der Waals surface area contributed by atoms with Gasteiger partial charge in [0.15, 0.2) is 5.78 Å². The number of ether oxygens (including phenoxy) is 1. The van der Waals surface area contributed by atoms with Gasteiger partial charge in [-0.25, -0.2) is 0 Å². The van der Waals surface area contributed by atoms with Gasteiger partial charge in [-0.05, 0) is 29.7 Å². The van der Waals surface area contributed by atoms with Gasteiger partial charge in [0.25, 0.3) is 0 Å². The van der Waals surface area contributed by atoms with Crippen LogP contribution in [0.2, 0.25) is 0 Å². The Hall–Kier alpha value is -4.01. The van der Waals surface area contributed by atoms with E-state index in [9.17, 15) is 19.2 Å². The molecule has 3 amide bonds. The maximum absolute atomic E-state index is 13.0. The van der Waals surface area contributed by atoms with E-state index in [1.807, 2.05) is 0 Å². The molecular weight excluding hydrogens is 424 g/mol. The Balaban J connectivity index is 2.13. The summed E-state index contributed by atoms with van der Waals surface area (Å²) in [6.07, 6.45) is 0.606. The second-order valence-corrected chi connectivity index (χ2v) is 7.32. The Morgan fingerprint density at radius 2 is 1.64 bits per heavy atom. The molecule has 0 fully saturated rings. The number of ketones is 1. The summed E-state index contributed by atoms with van der Waals surface area (Å²) >= 11 is 0. The van der Waals surface area contributed by atoms with Crippen LogP contribution >= 0.6 is 0 Å². The minimum absolute atomic E-state index is 0.00990. The number of methoxy groups -OCH3 is 1. The highest BCUT2D eigenvalue weighted by molar-refractivity contribution is 6.26. The molecule has 0 bridgehead atoms. The van der Waals surface area contributed by atoms with E-state index in [4.69, 9.17) is 10.1 Å². The average molecular weight is 453 g/mol. The molecule has 9 nitrogen and oxygen atoms in total. The van der Waals surface area contributed by atoms with Gasteiger partial charge in [0.2, 0.25) is 17.7 Å². The van der Waals surface area contributed by atoms with Crippen molar-refractivity contribution in [2.45, 2.75) is 38.4 Å². The molecule has 33 heavy (non-hydrogen) atoms. The lowest BCUT2D eigenvalue weighted by Gasteiger charge is -2.23. The largest absolute Gasteiger partial charge is 0.497 e. The predicted molar refractivity (Wildman–Crippen MR) is 123 cm³/mol. The van der Waals surface area contributed by atoms with Crippen LogP contribution < -0.4 is 20.7 Å². The van der Waals surface area contributed by atoms with Crippen molar-refractivity contribution in [1.82, 2.24) is 16.0 Å². The SMILES string of the molecule is COc1ccc(CNC(=O)[C@H](CCC(=O)C=N)NC(=O)[C@@H](NC(C)=O)c2ccccc2)cc1. The maximum atomic E-state index is 13.0. The molecule has 9 heteroatoms. The Kier molecular flexibility index (Phi) is 9.76. The van der Waals surface area contributed by atoms with Gasteiger partial charge < -0.3 is 26.1 Å². The fraction of sp³-hybridized carbons (Fsp3) is 0.292. The van der Waals surface area contributed by atoms with Crippen molar-refractivity contribution in [2.24, 2.45) is 0 Å². The number of nitrogens with one attached hydrogen (secondary N) is 4. The summed E-state index contributed by atoms with van der Waals surface area (Å²) in [5.74, 6) is -1.24. The molecule has 4 N–H and O–H groups in total. The van der Waals surface area contributed by atoms with Crippen LogP contribution in [0.3, 0.4) is 0 Å². The molecule has 2 atom stereocenters. The third kappa shape index (κ3) is 8.21. The normalized spacial score (nSPS) is 12.1. The zero-order chi connectivity index (χ0) is 24.2. The van der Waals surface area contributed by atoms with Gasteiger partial charge in [-0.2, -0.15) is 0 Å². The lowest BCUT2D eigenvalue weighted by molar-refractivity contribution is -0.132. The summed E-state index contributed by atoms with van der Waals surface area (Å²) in [6, 6.07) is 13.7. The minimum Gasteiger partial charge on any atom is -0.497 e. The number of benzene rings is 2. The van der Waals surface area contributed by atoms with Crippen LogP contribution in [0.5, 0.6) is 5.75 Å². The predicted octanol–water partition coefficient (Wildman–Crippen LogP) is 1.67. The molecule has 0 aliphatic carbocycles. The van der Waals surface area contributed by atoms with Crippen LogP contribution in [0, 0.1) is 5.41 Å². The first kappa shape index (κ1) is 25.3. The Labute approximate surface area is 192 Å². The lowest BCUT2D eigenvalue weighted by Crippen LogP contribution is -2.50. The molecule has 0 saturated carbocycles. The van der Waals surface area contributed by atoms with Gasteiger partial charge in [0.1, 0.15) is 17.8 Å². The number of carbonyl (C=O) groups is 4. The number of hydrogen-bond donors (Lipinski definition) is 4. The van der Waals surface area contributed by atoms with Crippen molar-refractivity contribution in [3.8, 4) is 5.75 Å². The summed E-state index contributed by atoms with van der Waals surface area (Å²) in [6.45, 7) is 1.51. The van der Waals surface area contributed by atoms with Crippen molar-refractivity contribution in [2.75, 3.05) is 7.11 Å². The third-order valence-electron chi connectivity index (χ3n) is 4.84. The number of amides is 3. The van der Waals surface area contributed by atoms with Gasteiger partial charge in [-0.3, -0.25) is 19.2 Å². The van der Waals surface area contributed by atoms with E-state index in [0.29, 0.717) is 17.5 Å². The first-order chi connectivity index (χ1) is 15.8. The molecule has 174 valence electrons. The molecule has 2 aromatic carbocycles.